The van der Waals surface area contributed by atoms with Crippen molar-refractivity contribution in [2.45, 2.75) is 31.4 Å². The van der Waals surface area contributed by atoms with E-state index in [4.69, 9.17) is 27.9 Å². The molecule has 0 fully saturated rings. The molecule has 0 saturated heterocycles. The first kappa shape index (κ1) is 20.7. The number of benzene rings is 1. The van der Waals surface area contributed by atoms with Gasteiger partial charge in [-0.2, -0.15) is 10.2 Å². The van der Waals surface area contributed by atoms with E-state index < -0.39 is 9.84 Å². The van der Waals surface area contributed by atoms with Gasteiger partial charge in [-0.05, 0) is 12.5 Å². The Hall–Kier alpha value is -2.03. The molecule has 0 amide bonds. The monoisotopic (exact) mass is 442 g/mol. The molecule has 10 heteroatoms. The van der Waals surface area contributed by atoms with Crippen molar-refractivity contribution in [2.24, 2.45) is 7.05 Å². The molecule has 0 aliphatic rings. The molecule has 2 aromatic heterocycles. The SMILES string of the molecule is CCc1cc(OCc2ccc(S(C)(=O)=O)c(Cn3cc(Cl)cn3)c2Cl)n(C)n1. The van der Waals surface area contributed by atoms with Gasteiger partial charge in [0.25, 0.3) is 0 Å². The molecular formula is C18H20Cl2N4O3S. The highest BCUT2D eigenvalue weighted by molar-refractivity contribution is 7.90. The molecule has 0 aliphatic heterocycles. The maximum absolute atomic E-state index is 12.2. The number of halogens is 2. The number of sulfone groups is 1. The highest BCUT2D eigenvalue weighted by Gasteiger charge is 2.20. The van der Waals surface area contributed by atoms with Crippen LogP contribution in [0.3, 0.4) is 0 Å². The zero-order valence-electron chi connectivity index (χ0n) is 15.7. The van der Waals surface area contributed by atoms with Crippen LogP contribution in [0, 0.1) is 0 Å². The Balaban J connectivity index is 1.93. The summed E-state index contributed by atoms with van der Waals surface area (Å²) in [6.07, 6.45) is 5.04. The molecule has 3 rings (SSSR count). The maximum Gasteiger partial charge on any atom is 0.212 e. The van der Waals surface area contributed by atoms with Crippen molar-refractivity contribution >= 4 is 33.0 Å². The minimum atomic E-state index is -3.47. The molecule has 0 bridgehead atoms. The summed E-state index contributed by atoms with van der Waals surface area (Å²) in [4.78, 5) is 0.154. The Kier molecular flexibility index (Phi) is 6.02. The summed E-state index contributed by atoms with van der Waals surface area (Å²) in [6, 6.07) is 5.07. The van der Waals surface area contributed by atoms with Crippen molar-refractivity contribution < 1.29 is 13.2 Å². The van der Waals surface area contributed by atoms with Gasteiger partial charge >= 0.3 is 0 Å². The number of hydrogen-bond donors (Lipinski definition) is 0. The molecule has 0 radical (unpaired) electrons. The van der Waals surface area contributed by atoms with Crippen LogP contribution in [0.15, 0.2) is 35.5 Å². The van der Waals surface area contributed by atoms with Crippen molar-refractivity contribution in [3.05, 3.63) is 57.5 Å². The van der Waals surface area contributed by atoms with E-state index in [1.54, 1.807) is 30.1 Å². The third-order valence-electron chi connectivity index (χ3n) is 4.23. The molecule has 0 saturated carbocycles. The van der Waals surface area contributed by atoms with Crippen LogP contribution in [-0.2, 0) is 36.5 Å². The fraction of sp³-hybridized carbons (Fsp3) is 0.333. The number of aryl methyl sites for hydroxylation is 2. The first-order chi connectivity index (χ1) is 13.2. The molecule has 3 aromatic rings. The summed E-state index contributed by atoms with van der Waals surface area (Å²) in [7, 11) is -1.67. The number of nitrogens with zero attached hydrogens (tertiary/aromatic N) is 4. The van der Waals surface area contributed by atoms with Gasteiger partial charge in [-0.25, -0.2) is 13.1 Å². The van der Waals surface area contributed by atoms with Crippen LogP contribution in [0.25, 0.3) is 0 Å². The normalized spacial score (nSPS) is 11.8. The summed E-state index contributed by atoms with van der Waals surface area (Å²) in [5.41, 5.74) is 2.04. The second-order valence-corrected chi connectivity index (χ2v) is 9.18. The third-order valence-corrected chi connectivity index (χ3v) is 6.07. The molecule has 1 aromatic carbocycles. The van der Waals surface area contributed by atoms with Gasteiger partial charge in [-0.1, -0.05) is 36.2 Å². The van der Waals surface area contributed by atoms with Gasteiger partial charge in [0.15, 0.2) is 9.84 Å². The van der Waals surface area contributed by atoms with Gasteiger partial charge in [0.05, 0.1) is 33.4 Å². The second-order valence-electron chi connectivity index (χ2n) is 6.38. The van der Waals surface area contributed by atoms with Crippen molar-refractivity contribution in [1.82, 2.24) is 19.6 Å². The fourth-order valence-corrected chi connectivity index (χ4v) is 4.23. The van der Waals surface area contributed by atoms with Gasteiger partial charge in [0, 0.05) is 36.7 Å². The van der Waals surface area contributed by atoms with Gasteiger partial charge in [0.2, 0.25) is 5.88 Å². The van der Waals surface area contributed by atoms with E-state index in [0.29, 0.717) is 27.1 Å². The van der Waals surface area contributed by atoms with E-state index in [1.165, 1.54) is 10.9 Å². The van der Waals surface area contributed by atoms with Crippen molar-refractivity contribution in [3.8, 4) is 5.88 Å². The van der Waals surface area contributed by atoms with E-state index >= 15 is 0 Å². The summed E-state index contributed by atoms with van der Waals surface area (Å²) >= 11 is 12.5. The smallest absolute Gasteiger partial charge is 0.212 e. The molecule has 7 nitrogen and oxygen atoms in total. The van der Waals surface area contributed by atoms with Crippen LogP contribution in [0.5, 0.6) is 5.88 Å². The zero-order valence-corrected chi connectivity index (χ0v) is 18.0. The number of aromatic nitrogens is 4. The lowest BCUT2D eigenvalue weighted by molar-refractivity contribution is 0.278. The Morgan fingerprint density at radius 2 is 2.00 bits per heavy atom. The Labute approximate surface area is 173 Å². The van der Waals surface area contributed by atoms with E-state index in [-0.39, 0.29) is 18.0 Å². The quantitative estimate of drug-likeness (QED) is 0.559. The molecular weight excluding hydrogens is 423 g/mol. The van der Waals surface area contributed by atoms with E-state index in [1.807, 2.05) is 13.0 Å². The molecule has 0 spiro atoms. The van der Waals surface area contributed by atoms with Crippen LogP contribution in [0.2, 0.25) is 10.0 Å². The molecule has 2 heterocycles. The zero-order chi connectivity index (χ0) is 20.5. The molecule has 28 heavy (non-hydrogen) atoms. The van der Waals surface area contributed by atoms with Gasteiger partial charge in [-0.15, -0.1) is 0 Å². The number of rotatable bonds is 7. The van der Waals surface area contributed by atoms with Crippen LogP contribution in [0.4, 0.5) is 0 Å². The molecule has 0 N–H and O–H groups in total. The van der Waals surface area contributed by atoms with Crippen LogP contribution in [-0.4, -0.2) is 34.2 Å². The van der Waals surface area contributed by atoms with Gasteiger partial charge < -0.3 is 4.74 Å². The standard InChI is InChI=1S/C18H20Cl2N4O3S/c1-4-14-7-17(23(2)22-14)27-11-12-5-6-16(28(3,25)26)15(18(12)20)10-24-9-13(19)8-21-24/h5-9H,4,10-11H2,1-3H3. The summed E-state index contributed by atoms with van der Waals surface area (Å²) < 4.78 is 33.5. The maximum atomic E-state index is 12.2. The highest BCUT2D eigenvalue weighted by Crippen LogP contribution is 2.30. The van der Waals surface area contributed by atoms with Crippen LogP contribution >= 0.6 is 23.2 Å². The van der Waals surface area contributed by atoms with Crippen LogP contribution < -0.4 is 4.74 Å². The molecule has 0 atom stereocenters. The first-order valence-corrected chi connectivity index (χ1v) is 11.2. The van der Waals surface area contributed by atoms with Gasteiger partial charge in [0.1, 0.15) is 6.61 Å². The predicted molar refractivity (Wildman–Crippen MR) is 108 cm³/mol. The summed E-state index contributed by atoms with van der Waals surface area (Å²) in [5, 5.41) is 9.24. The number of ether oxygens (including phenoxy) is 1. The first-order valence-electron chi connectivity index (χ1n) is 8.53. The van der Waals surface area contributed by atoms with Crippen molar-refractivity contribution in [2.75, 3.05) is 6.26 Å². The molecule has 0 unspecified atom stereocenters. The molecule has 0 aliphatic carbocycles. The van der Waals surface area contributed by atoms with Crippen molar-refractivity contribution in [1.29, 1.82) is 0 Å². The molecule has 150 valence electrons. The van der Waals surface area contributed by atoms with Crippen LogP contribution in [0.1, 0.15) is 23.7 Å². The lowest BCUT2D eigenvalue weighted by Gasteiger charge is -2.15. The average molecular weight is 443 g/mol. The highest BCUT2D eigenvalue weighted by atomic mass is 35.5. The lowest BCUT2D eigenvalue weighted by Crippen LogP contribution is -2.10. The minimum Gasteiger partial charge on any atom is -0.473 e. The lowest BCUT2D eigenvalue weighted by atomic mass is 10.1. The second kappa shape index (κ2) is 8.14. The van der Waals surface area contributed by atoms with E-state index in [9.17, 15) is 8.42 Å². The largest absolute Gasteiger partial charge is 0.473 e. The van der Waals surface area contributed by atoms with Gasteiger partial charge in [-0.3, -0.25) is 4.68 Å². The Morgan fingerprint density at radius 3 is 2.57 bits per heavy atom. The predicted octanol–water partition coefficient (Wildman–Crippen LogP) is 3.52. The number of hydrogen-bond acceptors (Lipinski definition) is 5. The minimum absolute atomic E-state index is 0.154. The fourth-order valence-electron chi connectivity index (χ4n) is 2.81. The Morgan fingerprint density at radius 1 is 1.25 bits per heavy atom. The van der Waals surface area contributed by atoms with E-state index in [2.05, 4.69) is 10.2 Å². The third kappa shape index (κ3) is 4.51. The van der Waals surface area contributed by atoms with Crippen molar-refractivity contribution in [3.63, 3.8) is 0 Å². The summed E-state index contributed by atoms with van der Waals surface area (Å²) in [6.45, 7) is 2.37. The Bertz CT molecular complexity index is 1110. The average Bonchev–Trinajstić information content (AvgIpc) is 3.19. The topological polar surface area (TPSA) is 79.0 Å². The summed E-state index contributed by atoms with van der Waals surface area (Å²) in [5.74, 6) is 0.612. The van der Waals surface area contributed by atoms with E-state index in [0.717, 1.165) is 18.4 Å².